The van der Waals surface area contributed by atoms with Gasteiger partial charge in [-0.05, 0) is 96.2 Å². The predicted molar refractivity (Wildman–Crippen MR) is 184 cm³/mol. The zero-order valence-corrected chi connectivity index (χ0v) is 15.4. The second-order valence-electron chi connectivity index (χ2n) is 3.61. The summed E-state index contributed by atoms with van der Waals surface area (Å²) in [6.45, 7) is 8.07. The Morgan fingerprint density at radius 2 is 0.909 bits per heavy atom. The van der Waals surface area contributed by atoms with Gasteiger partial charge in [0.1, 0.15) is 0 Å². The number of hydrogen-bond acceptors (Lipinski definition) is 2. The molecule has 33 heavy (non-hydrogen) atoms. The van der Waals surface area contributed by atoms with E-state index in [0.717, 1.165) is 12.8 Å². The van der Waals surface area contributed by atoms with Gasteiger partial charge in [0.05, 0.1) is 6.61 Å². The zero-order valence-electron chi connectivity index (χ0n) is 15.4. The maximum atomic E-state index is 11.1. The van der Waals surface area contributed by atoms with Crippen molar-refractivity contribution >= 4 is 5.97 Å². The Morgan fingerprint density at radius 1 is 0.606 bits per heavy atom. The molecule has 0 aliphatic heterocycles. The van der Waals surface area contributed by atoms with Crippen LogP contribution >= 0.6 is 0 Å². The lowest BCUT2D eigenvalue weighted by Gasteiger charge is -1.95. The van der Waals surface area contributed by atoms with Gasteiger partial charge in [0.2, 0.25) is 0 Å². The van der Waals surface area contributed by atoms with Crippen LogP contribution in [0, 0.1) is 94.7 Å². The zero-order chi connectivity index (χ0) is 19.7. The highest BCUT2D eigenvalue weighted by Gasteiger charge is 1.93. The highest BCUT2D eigenvalue weighted by molar-refractivity contribution is 5.89. The Bertz CT molecular complexity index is 978. The second-order valence-corrected chi connectivity index (χ2v) is 3.61. The Morgan fingerprint density at radius 3 is 1.21 bits per heavy atom. The molecule has 0 unspecified atom stereocenters. The Hall–Kier alpha value is -4.05. The number of carbonyl (C=O) groups is 1. The highest BCUT2D eigenvalue weighted by atomic mass is 16.5. The minimum absolute atomic E-state index is 0. The highest BCUT2D eigenvalue weighted by Crippen LogP contribution is 1.87. The molecule has 0 aromatic heterocycles. The fraction of sp³-hybridized carbons (Fsp3) is 0.452. The molecule has 0 N–H and O–H groups in total. The van der Waals surface area contributed by atoms with Gasteiger partial charge in [-0.3, -0.25) is 0 Å². The number of unbranched alkanes of at least 4 members (excludes halogenated alkanes) is 1. The fourth-order valence-electron chi connectivity index (χ4n) is 0.865. The summed E-state index contributed by atoms with van der Waals surface area (Å²) in [6.07, 6.45) is 1.77. The summed E-state index contributed by atoms with van der Waals surface area (Å²) < 4.78 is 4.82. The van der Waals surface area contributed by atoms with Crippen molar-refractivity contribution in [2.24, 2.45) is 0 Å². The van der Waals surface area contributed by atoms with E-state index in [1.807, 2.05) is 20.8 Å². The maximum Gasteiger partial charge on any atom is 0.385 e. The minimum atomic E-state index is -0.590. The number of ether oxygens (including phenoxy) is 1. The topological polar surface area (TPSA) is 26.3 Å². The van der Waals surface area contributed by atoms with Gasteiger partial charge in [0.15, 0.2) is 0 Å². The SMILES string of the molecule is C.C.C.C.C.C.C.CC.CC#CC#CC#CC#CC#CC#CC#CC#CC(=O)OCCCC.[HH].[HH].[HH].[HH].[HH].[HH].[HH].[HH].[HH].[HH].[HH].[HH].[HH].[HH].[HH]. The number of rotatable bonds is 3. The van der Waals surface area contributed by atoms with Gasteiger partial charge < -0.3 is 4.74 Å². The minimum Gasteiger partial charge on any atom is -0.456 e. The van der Waals surface area contributed by atoms with E-state index in [1.165, 1.54) is 0 Å². The Balaban J connectivity index is -0.0000000107. The van der Waals surface area contributed by atoms with Crippen LogP contribution in [0.5, 0.6) is 0 Å². The molecule has 0 rings (SSSR count). The molecule has 0 aliphatic carbocycles. The number of esters is 1. The third kappa shape index (κ3) is 58.4. The van der Waals surface area contributed by atoms with E-state index in [1.54, 1.807) is 6.92 Å². The Kier molecular flexibility index (Phi) is 97.3. The van der Waals surface area contributed by atoms with Crippen molar-refractivity contribution in [2.45, 2.75) is 92.5 Å². The van der Waals surface area contributed by atoms with E-state index in [-0.39, 0.29) is 73.4 Å². The summed E-state index contributed by atoms with van der Waals surface area (Å²) in [5.41, 5.74) is 0. The van der Waals surface area contributed by atoms with E-state index >= 15 is 0 Å². The van der Waals surface area contributed by atoms with Crippen molar-refractivity contribution in [1.82, 2.24) is 0 Å². The van der Waals surface area contributed by atoms with Crippen LogP contribution in [0.4, 0.5) is 0 Å². The summed E-state index contributed by atoms with van der Waals surface area (Å²) in [5, 5.41) is 0. The second kappa shape index (κ2) is 56.5. The lowest BCUT2D eigenvalue weighted by Crippen LogP contribution is -2.02. The van der Waals surface area contributed by atoms with E-state index in [2.05, 4.69) is 94.7 Å². The van der Waals surface area contributed by atoms with Gasteiger partial charge >= 0.3 is 5.97 Å². The molecule has 0 radical (unpaired) electrons. The first-order chi connectivity index (χ1) is 12.8. The van der Waals surface area contributed by atoms with Crippen LogP contribution in [-0.2, 0) is 9.53 Å². The van der Waals surface area contributed by atoms with Gasteiger partial charge in [-0.25, -0.2) is 4.79 Å². The molecule has 0 spiro atoms. The lowest BCUT2D eigenvalue weighted by atomic mass is 10.4. The van der Waals surface area contributed by atoms with Crippen molar-refractivity contribution in [3.05, 3.63) is 0 Å². The first-order valence-electron chi connectivity index (χ1n) is 7.90. The van der Waals surface area contributed by atoms with Crippen LogP contribution in [0.1, 0.15) is 114 Å². The molecule has 0 bridgehead atoms. The maximum absolute atomic E-state index is 11.1. The van der Waals surface area contributed by atoms with Gasteiger partial charge in [-0.1, -0.05) is 85.1 Å². The van der Waals surface area contributed by atoms with E-state index in [9.17, 15) is 4.79 Å². The van der Waals surface area contributed by atoms with Crippen molar-refractivity contribution in [3.63, 3.8) is 0 Å². The first-order valence-corrected chi connectivity index (χ1v) is 7.90. The van der Waals surface area contributed by atoms with Crippen molar-refractivity contribution in [2.75, 3.05) is 6.61 Å². The molecular weight excluding hydrogens is 404 g/mol. The van der Waals surface area contributed by atoms with Gasteiger partial charge in [-0.15, -0.1) is 0 Å². The lowest BCUT2D eigenvalue weighted by molar-refractivity contribution is -0.136. The molecule has 212 valence electrons. The third-order valence-electron chi connectivity index (χ3n) is 1.83. The molecule has 0 amide bonds. The van der Waals surface area contributed by atoms with Crippen LogP contribution < -0.4 is 0 Å². The standard InChI is InChI=1S/C22H12O2.C2H6.7CH4.15H2/c1-3-5-7-8-9-10-11-12-13-14-15-16-17-18-19-20-22(23)24-21-6-4-2;1-2;;;;;;;;;;;;;;;;;;;;;;/h4,6,21H2,1-2H3;1-2H3;7*1H4;15*1H. The molecule has 0 saturated heterocycles. The monoisotopic (exact) mass is 481 g/mol. The van der Waals surface area contributed by atoms with Crippen molar-refractivity contribution in [1.29, 1.82) is 0 Å². The Labute approximate surface area is 231 Å². The molecular formula is C31H76O2. The normalized spacial score (nSPS) is 4.24. The van der Waals surface area contributed by atoms with Crippen LogP contribution in [0.25, 0.3) is 0 Å². The van der Waals surface area contributed by atoms with E-state index < -0.39 is 5.97 Å². The van der Waals surface area contributed by atoms with E-state index in [4.69, 9.17) is 4.74 Å². The first kappa shape index (κ1) is 56.8. The summed E-state index contributed by atoms with van der Waals surface area (Å²) in [5.74, 6) is 38.9. The summed E-state index contributed by atoms with van der Waals surface area (Å²) in [7, 11) is 0. The third-order valence-corrected chi connectivity index (χ3v) is 1.83. The van der Waals surface area contributed by atoms with Crippen molar-refractivity contribution in [3.8, 4) is 94.7 Å². The molecule has 0 aromatic carbocycles. The predicted octanol–water partition coefficient (Wildman–Crippen LogP) is 10.5. The average Bonchev–Trinajstić information content (AvgIpc) is 2.66. The van der Waals surface area contributed by atoms with Gasteiger partial charge in [-0.2, -0.15) is 0 Å². The quantitative estimate of drug-likeness (QED) is 0.174. The average molecular weight is 481 g/mol. The summed E-state index contributed by atoms with van der Waals surface area (Å²) in [4.78, 5) is 11.1. The van der Waals surface area contributed by atoms with E-state index in [0.29, 0.717) is 6.61 Å². The fourth-order valence-corrected chi connectivity index (χ4v) is 0.865. The van der Waals surface area contributed by atoms with Crippen LogP contribution in [0.3, 0.4) is 0 Å². The molecule has 0 aliphatic rings. The van der Waals surface area contributed by atoms with Crippen molar-refractivity contribution < 1.29 is 30.9 Å². The van der Waals surface area contributed by atoms with Gasteiger partial charge in [0.25, 0.3) is 0 Å². The number of hydrogen-bond donors (Lipinski definition) is 0. The molecule has 0 aromatic rings. The summed E-state index contributed by atoms with van der Waals surface area (Å²) in [6, 6.07) is 0. The molecule has 2 heteroatoms. The molecule has 2 nitrogen and oxygen atoms in total. The molecule has 0 saturated carbocycles. The molecule has 0 atom stereocenters. The molecule has 0 fully saturated rings. The van der Waals surface area contributed by atoms with Gasteiger partial charge in [0, 0.05) is 27.3 Å². The van der Waals surface area contributed by atoms with Crippen LogP contribution in [-0.4, -0.2) is 12.6 Å². The van der Waals surface area contributed by atoms with Crippen LogP contribution in [0.15, 0.2) is 0 Å². The molecule has 0 heterocycles. The van der Waals surface area contributed by atoms with Crippen LogP contribution in [0.2, 0.25) is 0 Å². The largest absolute Gasteiger partial charge is 0.456 e. The smallest absolute Gasteiger partial charge is 0.385 e. The number of carbonyl (C=O) groups excluding carboxylic acids is 1. The summed E-state index contributed by atoms with van der Waals surface area (Å²) >= 11 is 0.